The molecule has 2 aromatic rings. The number of rotatable bonds is 4. The van der Waals surface area contributed by atoms with Crippen LogP contribution < -0.4 is 15.5 Å². The summed E-state index contributed by atoms with van der Waals surface area (Å²) >= 11 is 1.30. The summed E-state index contributed by atoms with van der Waals surface area (Å²) in [5, 5.41) is 7.64. The Balaban J connectivity index is 1.92. The SMILES string of the molecule is CC(C)[C@@H]1NC(=O)c2ccccc2N(CC(=O)Nc2nccs2)C1=O. The molecule has 8 heteroatoms. The van der Waals surface area contributed by atoms with Crippen LogP contribution in [0.2, 0.25) is 0 Å². The van der Waals surface area contributed by atoms with Gasteiger partial charge in [0.2, 0.25) is 11.8 Å². The summed E-state index contributed by atoms with van der Waals surface area (Å²) in [6, 6.07) is 6.10. The smallest absolute Gasteiger partial charge is 0.254 e. The third-order valence-corrected chi connectivity index (χ3v) is 4.59. The van der Waals surface area contributed by atoms with Gasteiger partial charge in [0.1, 0.15) is 12.6 Å². The van der Waals surface area contributed by atoms with Crippen LogP contribution in [0.25, 0.3) is 0 Å². The van der Waals surface area contributed by atoms with Crippen molar-refractivity contribution in [2.75, 3.05) is 16.8 Å². The zero-order valence-electron chi connectivity index (χ0n) is 13.9. The number of nitrogens with one attached hydrogen (secondary N) is 2. The molecule has 0 fully saturated rings. The molecule has 7 nitrogen and oxygen atoms in total. The highest BCUT2D eigenvalue weighted by Crippen LogP contribution is 2.26. The lowest BCUT2D eigenvalue weighted by atomic mass is 10.0. The van der Waals surface area contributed by atoms with Crippen LogP contribution in [0.1, 0.15) is 24.2 Å². The Bertz CT molecular complexity index is 804. The van der Waals surface area contributed by atoms with Crippen LogP contribution in [-0.2, 0) is 9.59 Å². The lowest BCUT2D eigenvalue weighted by molar-refractivity contribution is -0.123. The number of carbonyl (C=O) groups is 3. The number of amides is 3. The van der Waals surface area contributed by atoms with Gasteiger partial charge in [-0.1, -0.05) is 26.0 Å². The van der Waals surface area contributed by atoms with Crippen molar-refractivity contribution in [3.8, 4) is 0 Å². The molecule has 0 aliphatic carbocycles. The lowest BCUT2D eigenvalue weighted by Gasteiger charge is -2.26. The van der Waals surface area contributed by atoms with Gasteiger partial charge in [-0.05, 0) is 18.1 Å². The normalized spacial score (nSPS) is 17.1. The molecule has 0 spiro atoms. The van der Waals surface area contributed by atoms with Crippen LogP contribution in [0.15, 0.2) is 35.8 Å². The third-order valence-electron chi connectivity index (χ3n) is 3.91. The number of aromatic nitrogens is 1. The number of para-hydroxylation sites is 1. The number of fused-ring (bicyclic) bond motifs is 1. The molecule has 0 unspecified atom stereocenters. The van der Waals surface area contributed by atoms with E-state index in [-0.39, 0.29) is 30.2 Å². The second-order valence-corrected chi connectivity index (χ2v) is 6.92. The second-order valence-electron chi connectivity index (χ2n) is 6.02. The van der Waals surface area contributed by atoms with Crippen LogP contribution in [0.4, 0.5) is 10.8 Å². The second kappa shape index (κ2) is 7.02. The minimum Gasteiger partial charge on any atom is -0.340 e. The van der Waals surface area contributed by atoms with E-state index in [1.165, 1.54) is 16.2 Å². The maximum Gasteiger partial charge on any atom is 0.254 e. The Morgan fingerprint density at radius 1 is 1.36 bits per heavy atom. The lowest BCUT2D eigenvalue weighted by Crippen LogP contribution is -2.50. The molecular weight excluding hydrogens is 340 g/mol. The Morgan fingerprint density at radius 3 is 2.80 bits per heavy atom. The summed E-state index contributed by atoms with van der Waals surface area (Å²) in [6.07, 6.45) is 1.59. The summed E-state index contributed by atoms with van der Waals surface area (Å²) in [7, 11) is 0. The van der Waals surface area contributed by atoms with Gasteiger partial charge < -0.3 is 15.5 Å². The fraction of sp³-hybridized carbons (Fsp3) is 0.294. The first-order valence-electron chi connectivity index (χ1n) is 7.88. The summed E-state index contributed by atoms with van der Waals surface area (Å²) < 4.78 is 0. The maximum atomic E-state index is 13.0. The fourth-order valence-electron chi connectivity index (χ4n) is 2.67. The van der Waals surface area contributed by atoms with Crippen molar-refractivity contribution in [3.05, 3.63) is 41.4 Å². The van der Waals surface area contributed by atoms with E-state index >= 15 is 0 Å². The molecule has 130 valence electrons. The third kappa shape index (κ3) is 3.53. The summed E-state index contributed by atoms with van der Waals surface area (Å²) in [4.78, 5) is 43.1. The van der Waals surface area contributed by atoms with Gasteiger partial charge in [-0.3, -0.25) is 14.4 Å². The Hall–Kier alpha value is -2.74. The number of carbonyl (C=O) groups excluding carboxylic acids is 3. The van der Waals surface area contributed by atoms with E-state index in [4.69, 9.17) is 0 Å². The first kappa shape index (κ1) is 17.1. The topological polar surface area (TPSA) is 91.4 Å². The predicted octanol–water partition coefficient (Wildman–Crippen LogP) is 1.88. The number of hydrogen-bond acceptors (Lipinski definition) is 5. The maximum absolute atomic E-state index is 13.0. The van der Waals surface area contributed by atoms with Gasteiger partial charge in [-0.25, -0.2) is 4.98 Å². The molecule has 2 N–H and O–H groups in total. The van der Waals surface area contributed by atoms with Crippen LogP contribution >= 0.6 is 11.3 Å². The molecule has 0 radical (unpaired) electrons. The zero-order chi connectivity index (χ0) is 18.0. The average molecular weight is 358 g/mol. The standard InChI is InChI=1S/C17H18N4O3S/c1-10(2)14-16(24)21(9-13(22)19-17-18-7-8-25-17)12-6-4-3-5-11(12)15(23)20-14/h3-8,10,14H,9H2,1-2H3,(H,20,23)(H,18,19,22)/t14-/m0/s1. The van der Waals surface area contributed by atoms with Gasteiger partial charge in [0.15, 0.2) is 5.13 Å². The number of nitrogens with zero attached hydrogens (tertiary/aromatic N) is 2. The van der Waals surface area contributed by atoms with E-state index in [9.17, 15) is 14.4 Å². The van der Waals surface area contributed by atoms with E-state index < -0.39 is 6.04 Å². The van der Waals surface area contributed by atoms with E-state index in [0.717, 1.165) is 0 Å². The van der Waals surface area contributed by atoms with Crippen molar-refractivity contribution in [1.29, 1.82) is 0 Å². The van der Waals surface area contributed by atoms with Crippen molar-refractivity contribution in [2.45, 2.75) is 19.9 Å². The average Bonchev–Trinajstić information content (AvgIpc) is 3.06. The highest BCUT2D eigenvalue weighted by atomic mass is 32.1. The molecule has 0 bridgehead atoms. The highest BCUT2D eigenvalue weighted by Gasteiger charge is 2.36. The van der Waals surface area contributed by atoms with Crippen LogP contribution in [-0.4, -0.2) is 35.3 Å². The minimum atomic E-state index is -0.687. The van der Waals surface area contributed by atoms with E-state index in [0.29, 0.717) is 16.4 Å². The zero-order valence-corrected chi connectivity index (χ0v) is 14.7. The number of hydrogen-bond donors (Lipinski definition) is 2. The van der Waals surface area contributed by atoms with Crippen LogP contribution in [0, 0.1) is 5.92 Å². The van der Waals surface area contributed by atoms with Crippen molar-refractivity contribution in [3.63, 3.8) is 0 Å². The molecule has 3 rings (SSSR count). The summed E-state index contributed by atoms with van der Waals surface area (Å²) in [5.74, 6) is -1.08. The van der Waals surface area contributed by atoms with E-state index in [2.05, 4.69) is 15.6 Å². The quantitative estimate of drug-likeness (QED) is 0.873. The molecular formula is C17H18N4O3S. The van der Waals surface area contributed by atoms with Gasteiger partial charge in [0, 0.05) is 11.6 Å². The summed E-state index contributed by atoms with van der Waals surface area (Å²) in [6.45, 7) is 3.52. The van der Waals surface area contributed by atoms with Crippen LogP contribution in [0.3, 0.4) is 0 Å². The van der Waals surface area contributed by atoms with Crippen molar-refractivity contribution in [1.82, 2.24) is 10.3 Å². The molecule has 2 heterocycles. The molecule has 1 aromatic heterocycles. The fourth-order valence-corrected chi connectivity index (χ4v) is 3.22. The highest BCUT2D eigenvalue weighted by molar-refractivity contribution is 7.13. The monoisotopic (exact) mass is 358 g/mol. The number of thiazole rings is 1. The molecule has 1 aromatic carbocycles. The van der Waals surface area contributed by atoms with Crippen molar-refractivity contribution in [2.24, 2.45) is 5.92 Å². The first-order valence-corrected chi connectivity index (χ1v) is 8.76. The molecule has 3 amide bonds. The molecule has 0 saturated heterocycles. The summed E-state index contributed by atoms with van der Waals surface area (Å²) in [5.41, 5.74) is 0.809. The molecule has 0 saturated carbocycles. The predicted molar refractivity (Wildman–Crippen MR) is 95.6 cm³/mol. The molecule has 1 atom stereocenters. The Kier molecular flexibility index (Phi) is 4.80. The van der Waals surface area contributed by atoms with E-state index in [1.54, 1.807) is 35.8 Å². The molecule has 1 aliphatic heterocycles. The number of benzene rings is 1. The van der Waals surface area contributed by atoms with Crippen molar-refractivity contribution < 1.29 is 14.4 Å². The van der Waals surface area contributed by atoms with Gasteiger partial charge in [-0.15, -0.1) is 11.3 Å². The minimum absolute atomic E-state index is 0.102. The molecule has 1 aliphatic rings. The first-order chi connectivity index (χ1) is 12.0. The van der Waals surface area contributed by atoms with Gasteiger partial charge in [0.25, 0.3) is 5.91 Å². The Labute approximate surface area is 149 Å². The largest absolute Gasteiger partial charge is 0.340 e. The van der Waals surface area contributed by atoms with Crippen LogP contribution in [0.5, 0.6) is 0 Å². The Morgan fingerprint density at radius 2 is 2.12 bits per heavy atom. The van der Waals surface area contributed by atoms with E-state index in [1.807, 2.05) is 13.8 Å². The molecule has 25 heavy (non-hydrogen) atoms. The van der Waals surface area contributed by atoms with Crippen molar-refractivity contribution >= 4 is 39.9 Å². The van der Waals surface area contributed by atoms with Gasteiger partial charge >= 0.3 is 0 Å². The van der Waals surface area contributed by atoms with Gasteiger partial charge in [-0.2, -0.15) is 0 Å². The number of anilines is 2. The van der Waals surface area contributed by atoms with Gasteiger partial charge in [0.05, 0.1) is 11.3 Å².